The van der Waals surface area contributed by atoms with Gasteiger partial charge >= 0.3 is 0 Å². The van der Waals surface area contributed by atoms with Crippen LogP contribution < -0.4 is 11.1 Å². The van der Waals surface area contributed by atoms with Gasteiger partial charge in [-0.2, -0.15) is 0 Å². The Morgan fingerprint density at radius 2 is 1.20 bits per heavy atom. The highest BCUT2D eigenvalue weighted by Gasteiger charge is 2.10. The van der Waals surface area contributed by atoms with E-state index in [1.807, 2.05) is 37.3 Å². The van der Waals surface area contributed by atoms with E-state index in [0.29, 0.717) is 0 Å². The van der Waals surface area contributed by atoms with Crippen LogP contribution in [0.3, 0.4) is 0 Å². The van der Waals surface area contributed by atoms with Crippen LogP contribution in [0.25, 0.3) is 61.0 Å². The molecular weight excluding hydrogens is 605 g/mol. The van der Waals surface area contributed by atoms with Crippen LogP contribution in [-0.2, 0) is 0 Å². The summed E-state index contributed by atoms with van der Waals surface area (Å²) >= 11 is 0. The molecule has 7 aromatic carbocycles. The molecule has 0 aliphatic carbocycles. The van der Waals surface area contributed by atoms with Gasteiger partial charge in [-0.05, 0) is 128 Å². The Labute approximate surface area is 295 Å². The first kappa shape index (κ1) is 32.2. The topological polar surface area (TPSA) is 38.0 Å². The first-order chi connectivity index (χ1) is 24.5. The fraction of sp³-hybridized carbons (Fsp3) is 0.0417. The number of nitrogens with one attached hydrogen (secondary N) is 1. The Bertz CT molecular complexity index is 2440. The van der Waals surface area contributed by atoms with E-state index in [2.05, 4.69) is 158 Å². The summed E-state index contributed by atoms with van der Waals surface area (Å²) in [6, 6.07) is 51.8. The van der Waals surface area contributed by atoms with Gasteiger partial charge < -0.3 is 11.1 Å². The highest BCUT2D eigenvalue weighted by Crippen LogP contribution is 2.35. The predicted octanol–water partition coefficient (Wildman–Crippen LogP) is 13.0. The minimum Gasteiger partial charge on any atom is -0.404 e. The molecular formula is C48H40N2. The van der Waals surface area contributed by atoms with Crippen LogP contribution in [0.1, 0.15) is 29.2 Å². The van der Waals surface area contributed by atoms with Gasteiger partial charge in [-0.3, -0.25) is 0 Å². The maximum Gasteiger partial charge on any atom is 0.0469 e. The number of anilines is 2. The Morgan fingerprint density at radius 1 is 0.600 bits per heavy atom. The average molecular weight is 645 g/mol. The Kier molecular flexibility index (Phi) is 9.26. The minimum atomic E-state index is 0.932. The largest absolute Gasteiger partial charge is 0.404 e. The lowest BCUT2D eigenvalue weighted by atomic mass is 9.94. The van der Waals surface area contributed by atoms with Crippen LogP contribution in [0.15, 0.2) is 177 Å². The quantitative estimate of drug-likeness (QED) is 0.153. The van der Waals surface area contributed by atoms with Gasteiger partial charge in [0.2, 0.25) is 0 Å². The highest BCUT2D eigenvalue weighted by atomic mass is 14.9. The van der Waals surface area contributed by atoms with Crippen molar-refractivity contribution in [3.63, 3.8) is 0 Å². The maximum absolute atomic E-state index is 5.91. The zero-order valence-electron chi connectivity index (χ0n) is 28.5. The van der Waals surface area contributed by atoms with Crippen LogP contribution >= 0.6 is 0 Å². The number of hydrogen-bond donors (Lipinski definition) is 2. The van der Waals surface area contributed by atoms with Crippen LogP contribution in [-0.4, -0.2) is 0 Å². The highest BCUT2D eigenvalue weighted by molar-refractivity contribution is 5.93. The molecule has 50 heavy (non-hydrogen) atoms. The van der Waals surface area contributed by atoms with Crippen molar-refractivity contribution < 1.29 is 0 Å². The van der Waals surface area contributed by atoms with E-state index < -0.39 is 0 Å². The fourth-order valence-corrected chi connectivity index (χ4v) is 6.47. The van der Waals surface area contributed by atoms with Crippen molar-refractivity contribution in [3.05, 3.63) is 199 Å². The molecule has 0 heterocycles. The summed E-state index contributed by atoms with van der Waals surface area (Å²) in [4.78, 5) is 0. The number of allylic oxidation sites excluding steroid dienone is 5. The van der Waals surface area contributed by atoms with Crippen molar-refractivity contribution in [1.82, 2.24) is 0 Å². The van der Waals surface area contributed by atoms with Gasteiger partial charge in [-0.1, -0.05) is 134 Å². The summed E-state index contributed by atoms with van der Waals surface area (Å²) in [5.74, 6) is 0. The van der Waals surface area contributed by atoms with Gasteiger partial charge in [-0.25, -0.2) is 0 Å². The fourth-order valence-electron chi connectivity index (χ4n) is 6.47. The van der Waals surface area contributed by atoms with E-state index >= 15 is 0 Å². The molecule has 0 aliphatic rings. The van der Waals surface area contributed by atoms with Crippen LogP contribution in [0, 0.1) is 6.92 Å². The second kappa shape index (κ2) is 14.4. The van der Waals surface area contributed by atoms with Gasteiger partial charge in [0.1, 0.15) is 0 Å². The van der Waals surface area contributed by atoms with Crippen molar-refractivity contribution >= 4 is 50.1 Å². The minimum absolute atomic E-state index is 0.932. The SMILES string of the molecule is C=C(/C=C\c1cc(-c2ccc3ccccc3c2)ccc1C)c1ccc(-c2ccc3cc(C(/C=C\C)=C/N)ccc3c2)cc1Nc1ccccc1. The van der Waals surface area contributed by atoms with Crippen molar-refractivity contribution in [3.8, 4) is 22.3 Å². The first-order valence-corrected chi connectivity index (χ1v) is 17.0. The third-order valence-electron chi connectivity index (χ3n) is 9.28. The summed E-state index contributed by atoms with van der Waals surface area (Å²) in [5, 5.41) is 8.52. The van der Waals surface area contributed by atoms with E-state index in [9.17, 15) is 0 Å². The molecule has 0 aliphatic heterocycles. The summed E-state index contributed by atoms with van der Waals surface area (Å²) in [5.41, 5.74) is 19.1. The Balaban J connectivity index is 1.20. The predicted molar refractivity (Wildman–Crippen MR) is 218 cm³/mol. The molecule has 0 bridgehead atoms. The lowest BCUT2D eigenvalue weighted by molar-refractivity contribution is 1.44. The van der Waals surface area contributed by atoms with Gasteiger partial charge in [0.25, 0.3) is 0 Å². The Morgan fingerprint density at radius 3 is 1.96 bits per heavy atom. The summed E-state index contributed by atoms with van der Waals surface area (Å²) in [6.45, 7) is 8.69. The lowest BCUT2D eigenvalue weighted by Crippen LogP contribution is -1.96. The number of rotatable bonds is 9. The molecule has 0 saturated carbocycles. The molecule has 0 spiro atoms. The number of aryl methyl sites for hydroxylation is 1. The summed E-state index contributed by atoms with van der Waals surface area (Å²) in [7, 11) is 0. The van der Waals surface area contributed by atoms with E-state index in [-0.39, 0.29) is 0 Å². The monoisotopic (exact) mass is 644 g/mol. The third-order valence-corrected chi connectivity index (χ3v) is 9.28. The molecule has 0 aromatic heterocycles. The smallest absolute Gasteiger partial charge is 0.0469 e. The molecule has 0 fully saturated rings. The van der Waals surface area contributed by atoms with E-state index in [0.717, 1.165) is 44.8 Å². The average Bonchev–Trinajstić information content (AvgIpc) is 3.16. The number of benzene rings is 7. The lowest BCUT2D eigenvalue weighted by Gasteiger charge is -2.15. The molecule has 0 amide bonds. The molecule has 7 aromatic rings. The van der Waals surface area contributed by atoms with Crippen LogP contribution in [0.2, 0.25) is 0 Å². The Hall–Kier alpha value is -6.38. The van der Waals surface area contributed by atoms with Crippen molar-refractivity contribution in [2.24, 2.45) is 5.73 Å². The van der Waals surface area contributed by atoms with Crippen LogP contribution in [0.4, 0.5) is 11.4 Å². The van der Waals surface area contributed by atoms with Crippen molar-refractivity contribution in [1.29, 1.82) is 0 Å². The molecule has 7 rings (SSSR count). The number of nitrogens with two attached hydrogens (primary N) is 1. The normalized spacial score (nSPS) is 11.9. The molecule has 0 unspecified atom stereocenters. The molecule has 2 heteroatoms. The summed E-state index contributed by atoms with van der Waals surface area (Å²) in [6.07, 6.45) is 10.0. The molecule has 3 N–H and O–H groups in total. The zero-order valence-corrected chi connectivity index (χ0v) is 28.5. The zero-order chi connectivity index (χ0) is 34.5. The van der Waals surface area contributed by atoms with E-state index in [1.54, 1.807) is 6.20 Å². The van der Waals surface area contributed by atoms with Gasteiger partial charge in [-0.15, -0.1) is 0 Å². The maximum atomic E-state index is 5.91. The van der Waals surface area contributed by atoms with E-state index in [4.69, 9.17) is 5.73 Å². The van der Waals surface area contributed by atoms with E-state index in [1.165, 1.54) is 43.8 Å². The molecule has 0 saturated heterocycles. The number of fused-ring (bicyclic) bond motifs is 2. The van der Waals surface area contributed by atoms with Gasteiger partial charge in [0.15, 0.2) is 0 Å². The molecule has 242 valence electrons. The second-order valence-corrected chi connectivity index (χ2v) is 12.6. The third kappa shape index (κ3) is 6.92. The number of para-hydroxylation sites is 1. The van der Waals surface area contributed by atoms with Gasteiger partial charge in [0, 0.05) is 23.1 Å². The molecule has 0 atom stereocenters. The second-order valence-electron chi connectivity index (χ2n) is 12.6. The standard InChI is InChI=1S/C48H40N2/c1-4-10-45(32-49)43-24-23-40-29-42(22-21-41(40)30-43)44-25-26-47(48(31-44)50-46-13-6-5-7-14-46)34(3)16-17-36-27-38(18-15-33(36)2)39-20-19-35-11-8-9-12-37(35)28-39/h4-32,50H,3,49H2,1-2H3/b10-4-,17-16-,45-32+. The van der Waals surface area contributed by atoms with Crippen molar-refractivity contribution in [2.45, 2.75) is 13.8 Å². The summed E-state index contributed by atoms with van der Waals surface area (Å²) < 4.78 is 0. The van der Waals surface area contributed by atoms with Crippen LogP contribution in [0.5, 0.6) is 0 Å². The molecule has 0 radical (unpaired) electrons. The van der Waals surface area contributed by atoms with Crippen molar-refractivity contribution in [2.75, 3.05) is 5.32 Å². The first-order valence-electron chi connectivity index (χ1n) is 17.0. The van der Waals surface area contributed by atoms with Gasteiger partial charge in [0.05, 0.1) is 0 Å². The number of hydrogen-bond acceptors (Lipinski definition) is 2. The molecule has 2 nitrogen and oxygen atoms in total.